The van der Waals surface area contributed by atoms with E-state index < -0.39 is 0 Å². The number of carbonyl (C=O) groups is 1. The molecular formula is C15H18N2O2S. The van der Waals surface area contributed by atoms with Crippen LogP contribution in [0.5, 0.6) is 0 Å². The molecule has 2 heterocycles. The second-order valence-corrected chi connectivity index (χ2v) is 6.74. The lowest BCUT2D eigenvalue weighted by molar-refractivity contribution is -0.0689. The Labute approximate surface area is 122 Å². The van der Waals surface area contributed by atoms with Gasteiger partial charge in [-0.25, -0.2) is 0 Å². The summed E-state index contributed by atoms with van der Waals surface area (Å²) in [6.07, 6.45) is 4.15. The van der Waals surface area contributed by atoms with Gasteiger partial charge in [0.25, 0.3) is 5.91 Å². The van der Waals surface area contributed by atoms with Crippen LogP contribution in [-0.4, -0.2) is 27.7 Å². The fraction of sp³-hybridized carbons (Fsp3) is 0.400. The molecule has 1 fully saturated rings. The minimum Gasteiger partial charge on any atom is -0.392 e. The monoisotopic (exact) mass is 290 g/mol. The minimum atomic E-state index is -0.333. The van der Waals surface area contributed by atoms with Crippen molar-refractivity contribution in [2.24, 2.45) is 5.41 Å². The molecule has 20 heavy (non-hydrogen) atoms. The van der Waals surface area contributed by atoms with E-state index in [1.54, 1.807) is 0 Å². The molecule has 4 nitrogen and oxygen atoms in total. The van der Waals surface area contributed by atoms with Gasteiger partial charge in [-0.05, 0) is 30.0 Å². The smallest absolute Gasteiger partial charge is 0.263 e. The van der Waals surface area contributed by atoms with Gasteiger partial charge in [-0.1, -0.05) is 13.8 Å². The summed E-state index contributed by atoms with van der Waals surface area (Å²) in [6, 6.07) is 5.85. The van der Waals surface area contributed by atoms with Crippen LogP contribution in [0.2, 0.25) is 0 Å². The van der Waals surface area contributed by atoms with Crippen molar-refractivity contribution in [2.45, 2.75) is 32.4 Å². The topological polar surface area (TPSA) is 54.3 Å². The minimum absolute atomic E-state index is 0.0320. The van der Waals surface area contributed by atoms with Crippen molar-refractivity contribution in [3.63, 3.8) is 0 Å². The fourth-order valence-corrected chi connectivity index (χ4v) is 3.34. The van der Waals surface area contributed by atoms with Crippen LogP contribution in [0.3, 0.4) is 0 Å². The van der Waals surface area contributed by atoms with Gasteiger partial charge in [0.15, 0.2) is 0 Å². The Kier molecular flexibility index (Phi) is 3.18. The molecule has 1 aliphatic rings. The van der Waals surface area contributed by atoms with E-state index in [4.69, 9.17) is 0 Å². The number of thiophene rings is 1. The van der Waals surface area contributed by atoms with Crippen molar-refractivity contribution < 1.29 is 9.90 Å². The molecule has 1 amide bonds. The van der Waals surface area contributed by atoms with E-state index in [1.807, 2.05) is 54.4 Å². The van der Waals surface area contributed by atoms with Gasteiger partial charge in [-0.3, -0.25) is 4.79 Å². The first-order valence-electron chi connectivity index (χ1n) is 6.70. The van der Waals surface area contributed by atoms with E-state index >= 15 is 0 Å². The molecule has 1 saturated carbocycles. The number of hydrogen-bond acceptors (Lipinski definition) is 3. The number of hydrogen-bond donors (Lipinski definition) is 2. The molecule has 2 atom stereocenters. The normalized spacial score (nSPS) is 24.1. The van der Waals surface area contributed by atoms with Gasteiger partial charge in [0.2, 0.25) is 0 Å². The van der Waals surface area contributed by atoms with Crippen LogP contribution >= 0.6 is 11.3 Å². The lowest BCUT2D eigenvalue weighted by Crippen LogP contribution is -2.61. The predicted molar refractivity (Wildman–Crippen MR) is 79.3 cm³/mol. The number of carbonyl (C=O) groups excluding carboxylic acids is 1. The first kappa shape index (κ1) is 13.4. The zero-order valence-corrected chi connectivity index (χ0v) is 12.4. The Balaban J connectivity index is 1.78. The molecule has 0 aliphatic heterocycles. The Hall–Kier alpha value is -1.59. The number of aromatic nitrogens is 1. The summed E-state index contributed by atoms with van der Waals surface area (Å²) in [5.41, 5.74) is 0.649. The van der Waals surface area contributed by atoms with Gasteiger partial charge in [-0.2, -0.15) is 0 Å². The molecule has 0 bridgehead atoms. The summed E-state index contributed by atoms with van der Waals surface area (Å²) in [5.74, 6) is -0.0614. The molecular weight excluding hydrogens is 272 g/mol. The average Bonchev–Trinajstić information content (AvgIpc) is 3.08. The first-order chi connectivity index (χ1) is 9.50. The quantitative estimate of drug-likeness (QED) is 0.912. The molecule has 2 unspecified atom stereocenters. The van der Waals surface area contributed by atoms with Gasteiger partial charge in [0, 0.05) is 23.9 Å². The summed E-state index contributed by atoms with van der Waals surface area (Å²) >= 11 is 1.44. The molecule has 0 radical (unpaired) electrons. The SMILES string of the molecule is CC1(C)C(O)CC1NC(=O)c1sccc1-n1cccc1. The van der Waals surface area contributed by atoms with Crippen LogP contribution in [0.15, 0.2) is 36.0 Å². The molecule has 0 saturated heterocycles. The molecule has 106 valence electrons. The second kappa shape index (κ2) is 4.75. The lowest BCUT2D eigenvalue weighted by Gasteiger charge is -2.49. The van der Waals surface area contributed by atoms with Crippen molar-refractivity contribution in [1.82, 2.24) is 9.88 Å². The van der Waals surface area contributed by atoms with Crippen LogP contribution in [0.25, 0.3) is 5.69 Å². The van der Waals surface area contributed by atoms with Crippen LogP contribution < -0.4 is 5.32 Å². The van der Waals surface area contributed by atoms with E-state index in [0.717, 1.165) is 5.69 Å². The molecule has 1 aliphatic carbocycles. The summed E-state index contributed by atoms with van der Waals surface area (Å²) in [5, 5.41) is 14.7. The van der Waals surface area contributed by atoms with E-state index in [9.17, 15) is 9.90 Å². The number of aliphatic hydroxyl groups is 1. The number of rotatable bonds is 3. The molecule has 5 heteroatoms. The number of nitrogens with zero attached hydrogens (tertiary/aromatic N) is 1. The lowest BCUT2D eigenvalue weighted by atomic mass is 9.64. The van der Waals surface area contributed by atoms with Crippen LogP contribution in [-0.2, 0) is 0 Å². The molecule has 0 spiro atoms. The van der Waals surface area contributed by atoms with Gasteiger partial charge in [-0.15, -0.1) is 11.3 Å². The van der Waals surface area contributed by atoms with Crippen LogP contribution in [0.1, 0.15) is 29.9 Å². The van der Waals surface area contributed by atoms with E-state index in [0.29, 0.717) is 11.3 Å². The maximum Gasteiger partial charge on any atom is 0.263 e. The zero-order valence-electron chi connectivity index (χ0n) is 11.5. The highest BCUT2D eigenvalue weighted by atomic mass is 32.1. The molecule has 2 aromatic rings. The zero-order chi connectivity index (χ0) is 14.3. The van der Waals surface area contributed by atoms with E-state index in [-0.39, 0.29) is 23.5 Å². The maximum absolute atomic E-state index is 12.4. The Morgan fingerprint density at radius 1 is 1.45 bits per heavy atom. The Morgan fingerprint density at radius 2 is 2.15 bits per heavy atom. The summed E-state index contributed by atoms with van der Waals surface area (Å²) in [7, 11) is 0. The molecule has 0 aromatic carbocycles. The average molecular weight is 290 g/mol. The number of nitrogens with one attached hydrogen (secondary N) is 1. The van der Waals surface area contributed by atoms with Crippen molar-refractivity contribution in [2.75, 3.05) is 0 Å². The van der Waals surface area contributed by atoms with Gasteiger partial charge in [0.05, 0.1) is 11.8 Å². The predicted octanol–water partition coefficient (Wildman–Crippen LogP) is 2.43. The molecule has 3 rings (SSSR count). The van der Waals surface area contributed by atoms with Gasteiger partial charge in [0.1, 0.15) is 4.88 Å². The highest BCUT2D eigenvalue weighted by Gasteiger charge is 2.48. The molecule has 2 aromatic heterocycles. The van der Waals surface area contributed by atoms with Crippen molar-refractivity contribution in [3.8, 4) is 5.69 Å². The Morgan fingerprint density at radius 3 is 2.75 bits per heavy atom. The highest BCUT2D eigenvalue weighted by molar-refractivity contribution is 7.12. The van der Waals surface area contributed by atoms with E-state index in [2.05, 4.69) is 5.32 Å². The standard InChI is InChI=1S/C15H18N2O2S/c1-15(2)11(9-12(15)18)16-14(19)13-10(5-8-20-13)17-6-3-4-7-17/h3-8,11-12,18H,9H2,1-2H3,(H,16,19). The molecule has 2 N–H and O–H groups in total. The van der Waals surface area contributed by atoms with Crippen molar-refractivity contribution in [3.05, 3.63) is 40.8 Å². The second-order valence-electron chi connectivity index (χ2n) is 5.82. The van der Waals surface area contributed by atoms with Crippen molar-refractivity contribution >= 4 is 17.2 Å². The van der Waals surface area contributed by atoms with Crippen LogP contribution in [0, 0.1) is 5.41 Å². The maximum atomic E-state index is 12.4. The Bertz CT molecular complexity index is 616. The fourth-order valence-electron chi connectivity index (χ4n) is 2.54. The third-order valence-corrected chi connectivity index (χ3v) is 5.16. The summed E-state index contributed by atoms with van der Waals surface area (Å²) < 4.78 is 1.94. The summed E-state index contributed by atoms with van der Waals surface area (Å²) in [4.78, 5) is 13.1. The third kappa shape index (κ3) is 2.07. The van der Waals surface area contributed by atoms with E-state index in [1.165, 1.54) is 11.3 Å². The van der Waals surface area contributed by atoms with Gasteiger partial charge >= 0.3 is 0 Å². The number of aliphatic hydroxyl groups excluding tert-OH is 1. The third-order valence-electron chi connectivity index (χ3n) is 4.25. The summed E-state index contributed by atoms with van der Waals surface area (Å²) in [6.45, 7) is 3.96. The van der Waals surface area contributed by atoms with Gasteiger partial charge < -0.3 is 15.0 Å². The van der Waals surface area contributed by atoms with Crippen molar-refractivity contribution in [1.29, 1.82) is 0 Å². The first-order valence-corrected chi connectivity index (χ1v) is 7.58. The number of amides is 1. The van der Waals surface area contributed by atoms with Crippen LogP contribution in [0.4, 0.5) is 0 Å². The largest absolute Gasteiger partial charge is 0.392 e. The highest BCUT2D eigenvalue weighted by Crippen LogP contribution is 2.40.